The van der Waals surface area contributed by atoms with Crippen LogP contribution in [0.2, 0.25) is 0 Å². The fourth-order valence-corrected chi connectivity index (χ4v) is 3.91. The summed E-state index contributed by atoms with van der Waals surface area (Å²) < 4.78 is 62.4. The van der Waals surface area contributed by atoms with Crippen molar-refractivity contribution in [1.82, 2.24) is 9.21 Å². The molecule has 3 N–H and O–H groups in total. The molecule has 1 fully saturated rings. The lowest BCUT2D eigenvalue weighted by molar-refractivity contribution is 0.0147. The highest BCUT2D eigenvalue weighted by atomic mass is 32.2. The molecule has 0 bridgehead atoms. The van der Waals surface area contributed by atoms with E-state index in [-0.39, 0.29) is 17.8 Å². The van der Waals surface area contributed by atoms with Gasteiger partial charge in [0.25, 0.3) is 0 Å². The van der Waals surface area contributed by atoms with Gasteiger partial charge in [0.1, 0.15) is 0 Å². The number of ether oxygens (including phenoxy) is 1. The summed E-state index contributed by atoms with van der Waals surface area (Å²) in [7, 11) is -0.566. The molecule has 0 atom stereocenters. The molecule has 0 heterocycles. The first-order valence-corrected chi connectivity index (χ1v) is 11.8. The number of nitrogen functional groups attached to an aromatic ring is 1. The van der Waals surface area contributed by atoms with E-state index < -0.39 is 21.9 Å². The maximum absolute atomic E-state index is 12.1. The topological polar surface area (TPSA) is 96.1 Å². The molecule has 1 aromatic rings. The molecule has 31 heavy (non-hydrogen) atoms. The average molecular weight is 464 g/mol. The van der Waals surface area contributed by atoms with Crippen LogP contribution in [-0.2, 0) is 15.0 Å². The number of nitrogens with zero attached hydrogens (tertiary/aromatic N) is 2. The third-order valence-electron chi connectivity index (χ3n) is 5.19. The van der Waals surface area contributed by atoms with E-state index in [2.05, 4.69) is 18.5 Å². The summed E-state index contributed by atoms with van der Waals surface area (Å²) >= 11 is 0. The van der Waals surface area contributed by atoms with Gasteiger partial charge in [-0.15, -0.1) is 6.58 Å². The van der Waals surface area contributed by atoms with Gasteiger partial charge in [-0.2, -0.15) is 12.7 Å². The minimum atomic E-state index is -4.08. The zero-order valence-electron chi connectivity index (χ0n) is 18.3. The number of anilines is 1. The van der Waals surface area contributed by atoms with Crippen molar-refractivity contribution in [2.45, 2.75) is 50.7 Å². The van der Waals surface area contributed by atoms with E-state index in [0.29, 0.717) is 0 Å². The average Bonchev–Trinajstić information content (AvgIpc) is 2.71. The molecule has 0 unspecified atom stereocenters. The molecule has 2 rings (SSSR count). The Labute approximate surface area is 184 Å². The van der Waals surface area contributed by atoms with Crippen LogP contribution in [0.5, 0.6) is 0 Å². The summed E-state index contributed by atoms with van der Waals surface area (Å²) in [5.41, 5.74) is 5.35. The second-order valence-electron chi connectivity index (χ2n) is 7.73. The van der Waals surface area contributed by atoms with Crippen molar-refractivity contribution in [3.8, 4) is 0 Å². The molecule has 0 aliphatic heterocycles. The maximum Gasteiger partial charge on any atom is 0.335 e. The molecule has 7 nitrogen and oxygen atoms in total. The minimum absolute atomic E-state index is 0.109. The van der Waals surface area contributed by atoms with Crippen molar-refractivity contribution in [2.24, 2.45) is 0 Å². The van der Waals surface area contributed by atoms with Gasteiger partial charge in [0, 0.05) is 31.9 Å². The Balaban J connectivity index is 0.000000442. The number of nitrogens with two attached hydrogens (primary N) is 1. The number of halogens is 2. The number of hydrogen-bond acceptors (Lipinski definition) is 5. The lowest BCUT2D eigenvalue weighted by Gasteiger charge is -2.32. The Kier molecular flexibility index (Phi) is 12.2. The van der Waals surface area contributed by atoms with Crippen molar-refractivity contribution < 1.29 is 26.5 Å². The summed E-state index contributed by atoms with van der Waals surface area (Å²) in [5.74, 6) is -1.78. The summed E-state index contributed by atoms with van der Waals surface area (Å²) in [4.78, 5) is 2.23. The normalized spacial score (nSPS) is 19.2. The molecular weight excluding hydrogens is 428 g/mol. The first kappa shape index (κ1) is 27.4. The van der Waals surface area contributed by atoms with Crippen LogP contribution >= 0.6 is 0 Å². The Morgan fingerprint density at radius 3 is 2.35 bits per heavy atom. The van der Waals surface area contributed by atoms with Gasteiger partial charge in [0.15, 0.2) is 11.6 Å². The van der Waals surface area contributed by atoms with Gasteiger partial charge in [0.05, 0.1) is 6.10 Å². The lowest BCUT2D eigenvalue weighted by Crippen LogP contribution is -2.40. The van der Waals surface area contributed by atoms with Crippen LogP contribution in [0.15, 0.2) is 30.9 Å². The summed E-state index contributed by atoms with van der Waals surface area (Å²) in [6, 6.07) is 3.13. The van der Waals surface area contributed by atoms with Crippen molar-refractivity contribution in [2.75, 3.05) is 39.5 Å². The smallest absolute Gasteiger partial charge is 0.335 e. The van der Waals surface area contributed by atoms with Gasteiger partial charge in [-0.05, 0) is 70.3 Å². The van der Waals surface area contributed by atoms with Gasteiger partial charge in [-0.3, -0.25) is 4.55 Å². The van der Waals surface area contributed by atoms with E-state index in [9.17, 15) is 17.2 Å². The Hall–Kier alpha value is -1.59. The molecule has 0 radical (unpaired) electrons. The summed E-state index contributed by atoms with van der Waals surface area (Å²) in [6.07, 6.45) is 7.43. The van der Waals surface area contributed by atoms with Crippen molar-refractivity contribution in [1.29, 1.82) is 0 Å². The van der Waals surface area contributed by atoms with Crippen LogP contribution in [0.3, 0.4) is 0 Å². The molecular formula is C21H35F2N3O4S. The van der Waals surface area contributed by atoms with Gasteiger partial charge in [-0.1, -0.05) is 6.08 Å². The summed E-state index contributed by atoms with van der Waals surface area (Å²) in [5, 5.41) is 0. The van der Waals surface area contributed by atoms with Crippen LogP contribution in [-0.4, -0.2) is 68.1 Å². The van der Waals surface area contributed by atoms with E-state index in [1.54, 1.807) is 0 Å². The number of unbranched alkanes of at least 4 members (excludes halogenated alkanes) is 1. The molecule has 0 spiro atoms. The van der Waals surface area contributed by atoms with E-state index in [1.165, 1.54) is 13.1 Å². The van der Waals surface area contributed by atoms with Crippen LogP contribution in [0.1, 0.15) is 38.5 Å². The third kappa shape index (κ3) is 11.0. The second kappa shape index (κ2) is 13.7. The second-order valence-corrected chi connectivity index (χ2v) is 9.20. The van der Waals surface area contributed by atoms with E-state index in [1.807, 2.05) is 6.08 Å². The monoisotopic (exact) mass is 463 g/mol. The molecule has 1 aliphatic carbocycles. The van der Waals surface area contributed by atoms with Gasteiger partial charge in [-0.25, -0.2) is 8.78 Å². The summed E-state index contributed by atoms with van der Waals surface area (Å²) in [6.45, 7) is 6.42. The third-order valence-corrected chi connectivity index (χ3v) is 6.22. The quantitative estimate of drug-likeness (QED) is 0.239. The largest absolute Gasteiger partial charge is 0.399 e. The highest BCUT2D eigenvalue weighted by molar-refractivity contribution is 7.83. The molecule has 1 saturated carbocycles. The molecule has 10 heteroatoms. The lowest BCUT2D eigenvalue weighted by atomic mass is 9.93. The zero-order valence-corrected chi connectivity index (χ0v) is 19.2. The van der Waals surface area contributed by atoms with E-state index >= 15 is 0 Å². The first-order valence-electron chi connectivity index (χ1n) is 10.4. The predicted octanol–water partition coefficient (Wildman–Crippen LogP) is 3.49. The Morgan fingerprint density at radius 2 is 1.84 bits per heavy atom. The Morgan fingerprint density at radius 1 is 1.19 bits per heavy atom. The van der Waals surface area contributed by atoms with E-state index in [4.69, 9.17) is 15.0 Å². The van der Waals surface area contributed by atoms with Crippen molar-refractivity contribution in [3.63, 3.8) is 0 Å². The molecule has 0 amide bonds. The van der Waals surface area contributed by atoms with Crippen LogP contribution in [0.25, 0.3) is 0 Å². The van der Waals surface area contributed by atoms with Gasteiger partial charge >= 0.3 is 10.3 Å². The predicted molar refractivity (Wildman–Crippen MR) is 119 cm³/mol. The van der Waals surface area contributed by atoms with Crippen molar-refractivity contribution >= 4 is 16.0 Å². The van der Waals surface area contributed by atoms with Crippen LogP contribution in [0.4, 0.5) is 14.5 Å². The SMILES string of the molecule is C=CCN(C)CCCCO[C@H]1CC[C@H](N(C)S(=O)(=O)O)CC1.Nc1ccc(F)c(F)c1. The number of likely N-dealkylation sites (N-methyl/N-ethyl adjacent to an activating group) is 1. The number of benzene rings is 1. The Bertz CT molecular complexity index is 772. The van der Waals surface area contributed by atoms with E-state index in [0.717, 1.165) is 74.7 Å². The van der Waals surface area contributed by atoms with Crippen molar-refractivity contribution in [3.05, 3.63) is 42.5 Å². The molecule has 0 saturated heterocycles. The fourth-order valence-electron chi connectivity index (χ4n) is 3.32. The molecule has 1 aliphatic rings. The van der Waals surface area contributed by atoms with Crippen LogP contribution < -0.4 is 5.73 Å². The number of rotatable bonds is 10. The highest BCUT2D eigenvalue weighted by Crippen LogP contribution is 2.25. The molecule has 1 aromatic carbocycles. The fraction of sp³-hybridized carbons (Fsp3) is 0.619. The zero-order chi connectivity index (χ0) is 23.4. The van der Waals surface area contributed by atoms with Gasteiger partial charge in [0.2, 0.25) is 0 Å². The minimum Gasteiger partial charge on any atom is -0.399 e. The molecule has 178 valence electrons. The van der Waals surface area contributed by atoms with Crippen LogP contribution in [0, 0.1) is 11.6 Å². The number of hydrogen-bond donors (Lipinski definition) is 2. The standard InChI is InChI=1S/C15H30N2O4S.C6H5F2N/c1-4-11-16(2)12-5-6-13-21-15-9-7-14(8-10-15)17(3)22(18,19)20;7-5-2-1-4(9)3-6(5)8/h4,14-15H,1,5-13H2,2-3H3,(H,18,19,20);1-3H,9H2/t14-,15-;. The van der Waals surface area contributed by atoms with Gasteiger partial charge < -0.3 is 15.4 Å². The maximum atomic E-state index is 12.1. The molecule has 0 aromatic heterocycles. The highest BCUT2D eigenvalue weighted by Gasteiger charge is 2.29. The first-order chi connectivity index (χ1) is 14.5.